The minimum absolute atomic E-state index is 0.0853. The molecule has 1 heterocycles. The van der Waals surface area contributed by atoms with Gasteiger partial charge in [-0.1, -0.05) is 30.3 Å². The molecule has 1 aliphatic carbocycles. The fourth-order valence-electron chi connectivity index (χ4n) is 4.07. The number of anilines is 1. The molecule has 0 unspecified atom stereocenters. The number of nitrogens with zero attached hydrogens (tertiary/aromatic N) is 3. The van der Waals surface area contributed by atoms with Gasteiger partial charge >= 0.3 is 12.1 Å². The lowest BCUT2D eigenvalue weighted by molar-refractivity contribution is -0.185. The average Bonchev–Trinajstić information content (AvgIpc) is 3.40. The lowest BCUT2D eigenvalue weighted by atomic mass is 10.1. The van der Waals surface area contributed by atoms with E-state index in [1.54, 1.807) is 28.9 Å². The highest BCUT2D eigenvalue weighted by Crippen LogP contribution is 2.28. The molecule has 0 bridgehead atoms. The van der Waals surface area contributed by atoms with E-state index in [-0.39, 0.29) is 19.0 Å². The van der Waals surface area contributed by atoms with E-state index in [1.165, 1.54) is 6.92 Å². The first-order chi connectivity index (χ1) is 15.8. The molecule has 0 atom stereocenters. The SMILES string of the molecule is CCN(Cc1cccc(NC(=O)c2nn(-c3ccccc3)c3c2CCC3)c1)C(=O)C(F)(F)F. The van der Waals surface area contributed by atoms with Crippen molar-refractivity contribution < 1.29 is 22.8 Å². The summed E-state index contributed by atoms with van der Waals surface area (Å²) in [5.74, 6) is -2.26. The topological polar surface area (TPSA) is 67.2 Å². The zero-order valence-electron chi connectivity index (χ0n) is 18.0. The molecule has 2 amide bonds. The molecule has 0 fully saturated rings. The van der Waals surface area contributed by atoms with Crippen LogP contribution in [0.15, 0.2) is 54.6 Å². The Hall–Kier alpha value is -3.62. The Morgan fingerprint density at radius 3 is 2.55 bits per heavy atom. The Labute approximate surface area is 189 Å². The van der Waals surface area contributed by atoms with Gasteiger partial charge in [0.15, 0.2) is 5.69 Å². The first kappa shape index (κ1) is 22.6. The third-order valence-corrected chi connectivity index (χ3v) is 5.62. The van der Waals surface area contributed by atoms with Gasteiger partial charge in [0.1, 0.15) is 0 Å². The summed E-state index contributed by atoms with van der Waals surface area (Å²) in [4.78, 5) is 25.4. The molecule has 0 saturated heterocycles. The van der Waals surface area contributed by atoms with Gasteiger partial charge < -0.3 is 10.2 Å². The van der Waals surface area contributed by atoms with Crippen molar-refractivity contribution in [2.24, 2.45) is 0 Å². The number of carbonyl (C=O) groups is 2. The van der Waals surface area contributed by atoms with Gasteiger partial charge in [0, 0.05) is 30.0 Å². The number of hydrogen-bond acceptors (Lipinski definition) is 3. The van der Waals surface area contributed by atoms with Crippen LogP contribution in [0.3, 0.4) is 0 Å². The molecular formula is C24H23F3N4O2. The summed E-state index contributed by atoms with van der Waals surface area (Å²) in [5, 5.41) is 7.36. The van der Waals surface area contributed by atoms with E-state index in [1.807, 2.05) is 30.3 Å². The van der Waals surface area contributed by atoms with E-state index in [2.05, 4.69) is 10.4 Å². The molecule has 172 valence electrons. The van der Waals surface area contributed by atoms with Gasteiger partial charge in [-0.25, -0.2) is 4.68 Å². The van der Waals surface area contributed by atoms with Crippen LogP contribution < -0.4 is 5.32 Å². The molecule has 33 heavy (non-hydrogen) atoms. The molecule has 0 radical (unpaired) electrons. The number of hydrogen-bond donors (Lipinski definition) is 1. The zero-order valence-corrected chi connectivity index (χ0v) is 18.0. The second kappa shape index (κ2) is 9.09. The summed E-state index contributed by atoms with van der Waals surface area (Å²) in [6.45, 7) is 1.19. The second-order valence-electron chi connectivity index (χ2n) is 7.85. The van der Waals surface area contributed by atoms with Crippen LogP contribution in [-0.4, -0.2) is 39.2 Å². The number of alkyl halides is 3. The van der Waals surface area contributed by atoms with Crippen LogP contribution in [0.1, 0.15) is 40.7 Å². The number of para-hydroxylation sites is 1. The third kappa shape index (κ3) is 4.76. The monoisotopic (exact) mass is 456 g/mol. The van der Waals surface area contributed by atoms with Gasteiger partial charge in [0.2, 0.25) is 0 Å². The summed E-state index contributed by atoms with van der Waals surface area (Å²) < 4.78 is 40.2. The van der Waals surface area contributed by atoms with Gasteiger partial charge in [-0.2, -0.15) is 18.3 Å². The maximum atomic E-state index is 13.0. The van der Waals surface area contributed by atoms with E-state index in [9.17, 15) is 22.8 Å². The number of fused-ring (bicyclic) bond motifs is 1. The average molecular weight is 456 g/mol. The smallest absolute Gasteiger partial charge is 0.331 e. The number of aromatic nitrogens is 2. The summed E-state index contributed by atoms with van der Waals surface area (Å²) in [6.07, 6.45) is -2.40. The van der Waals surface area contributed by atoms with Crippen LogP contribution in [0, 0.1) is 0 Å². The molecular weight excluding hydrogens is 433 g/mol. The van der Waals surface area contributed by atoms with Gasteiger partial charge in [-0.3, -0.25) is 9.59 Å². The van der Waals surface area contributed by atoms with E-state index >= 15 is 0 Å². The number of benzene rings is 2. The molecule has 0 aliphatic heterocycles. The van der Waals surface area contributed by atoms with Crippen molar-refractivity contribution in [2.45, 2.75) is 38.9 Å². The first-order valence-corrected chi connectivity index (χ1v) is 10.7. The van der Waals surface area contributed by atoms with Crippen molar-refractivity contribution in [3.05, 3.63) is 77.1 Å². The number of halogens is 3. The molecule has 6 nitrogen and oxygen atoms in total. The molecule has 4 rings (SSSR count). The fraction of sp³-hybridized carbons (Fsp3) is 0.292. The van der Waals surface area contributed by atoms with Crippen LogP contribution in [0.4, 0.5) is 18.9 Å². The van der Waals surface area contributed by atoms with Crippen LogP contribution in [0.25, 0.3) is 5.69 Å². The Kier molecular flexibility index (Phi) is 6.22. The Morgan fingerprint density at radius 2 is 1.85 bits per heavy atom. The van der Waals surface area contributed by atoms with Crippen molar-refractivity contribution in [1.29, 1.82) is 0 Å². The van der Waals surface area contributed by atoms with Gasteiger partial charge in [0.05, 0.1) is 5.69 Å². The van der Waals surface area contributed by atoms with E-state index in [4.69, 9.17) is 0 Å². The maximum Gasteiger partial charge on any atom is 0.471 e. The molecule has 9 heteroatoms. The largest absolute Gasteiger partial charge is 0.471 e. The zero-order chi connectivity index (χ0) is 23.6. The van der Waals surface area contributed by atoms with Gasteiger partial charge in [0.25, 0.3) is 5.91 Å². The van der Waals surface area contributed by atoms with Crippen molar-refractivity contribution >= 4 is 17.5 Å². The molecule has 1 aromatic heterocycles. The Balaban J connectivity index is 1.54. The molecule has 0 spiro atoms. The molecule has 1 N–H and O–H groups in total. The number of amides is 2. The summed E-state index contributed by atoms with van der Waals surface area (Å²) in [5.41, 5.74) is 4.07. The minimum Gasteiger partial charge on any atom is -0.331 e. The second-order valence-corrected chi connectivity index (χ2v) is 7.85. The summed E-state index contributed by atoms with van der Waals surface area (Å²) >= 11 is 0. The van der Waals surface area contributed by atoms with Crippen molar-refractivity contribution in [1.82, 2.24) is 14.7 Å². The lowest BCUT2D eigenvalue weighted by Crippen LogP contribution is -2.40. The standard InChI is InChI=1S/C24H23F3N4O2/c1-2-30(23(33)24(25,26)27)15-16-8-6-9-17(14-16)28-22(32)21-19-12-7-13-20(19)31(29-21)18-10-4-3-5-11-18/h3-6,8-11,14H,2,7,12-13,15H2,1H3,(H,28,32). The van der Waals surface area contributed by atoms with Crippen molar-refractivity contribution in [3.8, 4) is 5.69 Å². The first-order valence-electron chi connectivity index (χ1n) is 10.7. The fourth-order valence-corrected chi connectivity index (χ4v) is 4.07. The normalized spacial score (nSPS) is 13.0. The van der Waals surface area contributed by atoms with E-state index < -0.39 is 12.1 Å². The summed E-state index contributed by atoms with van der Waals surface area (Å²) in [6, 6.07) is 16.1. The molecule has 3 aromatic rings. The Bertz CT molecular complexity index is 1170. The van der Waals surface area contributed by atoms with E-state index in [0.717, 1.165) is 41.1 Å². The minimum atomic E-state index is -4.93. The van der Waals surface area contributed by atoms with Crippen LogP contribution in [0.2, 0.25) is 0 Å². The highest BCUT2D eigenvalue weighted by atomic mass is 19.4. The predicted molar refractivity (Wildman–Crippen MR) is 117 cm³/mol. The number of nitrogens with one attached hydrogen (secondary N) is 1. The van der Waals surface area contributed by atoms with Crippen LogP contribution in [0.5, 0.6) is 0 Å². The summed E-state index contributed by atoms with van der Waals surface area (Å²) in [7, 11) is 0. The van der Waals surface area contributed by atoms with Gasteiger partial charge in [-0.05, 0) is 56.0 Å². The van der Waals surface area contributed by atoms with Crippen molar-refractivity contribution in [2.75, 3.05) is 11.9 Å². The third-order valence-electron chi connectivity index (χ3n) is 5.62. The quantitative estimate of drug-likeness (QED) is 0.593. The molecule has 0 saturated carbocycles. The van der Waals surface area contributed by atoms with Crippen LogP contribution in [-0.2, 0) is 24.2 Å². The molecule has 2 aromatic carbocycles. The highest BCUT2D eigenvalue weighted by molar-refractivity contribution is 6.04. The molecule has 1 aliphatic rings. The van der Waals surface area contributed by atoms with Crippen molar-refractivity contribution in [3.63, 3.8) is 0 Å². The van der Waals surface area contributed by atoms with Gasteiger partial charge in [-0.15, -0.1) is 0 Å². The van der Waals surface area contributed by atoms with Crippen LogP contribution >= 0.6 is 0 Å². The lowest BCUT2D eigenvalue weighted by Gasteiger charge is -2.22. The number of carbonyl (C=O) groups excluding carboxylic acids is 2. The Morgan fingerprint density at radius 1 is 1.09 bits per heavy atom. The highest BCUT2D eigenvalue weighted by Gasteiger charge is 2.41. The predicted octanol–water partition coefficient (Wildman–Crippen LogP) is 4.52. The maximum absolute atomic E-state index is 13.0. The van der Waals surface area contributed by atoms with E-state index in [0.29, 0.717) is 16.9 Å². The number of rotatable bonds is 6.